The van der Waals surface area contributed by atoms with Crippen molar-refractivity contribution in [2.24, 2.45) is 0 Å². The highest BCUT2D eigenvalue weighted by molar-refractivity contribution is 5.88. The lowest BCUT2D eigenvalue weighted by molar-refractivity contribution is -0.133. The molecule has 6 nitrogen and oxygen atoms in total. The summed E-state index contributed by atoms with van der Waals surface area (Å²) in [4.78, 5) is 24.9. The van der Waals surface area contributed by atoms with Crippen molar-refractivity contribution in [3.8, 4) is 0 Å². The number of ether oxygens (including phenoxy) is 2. The maximum Gasteiger partial charge on any atom is 0.335 e. The van der Waals surface area contributed by atoms with E-state index in [1.807, 2.05) is 6.07 Å². The molecule has 0 unspecified atom stereocenters. The minimum Gasteiger partial charge on any atom is -0.478 e. The highest BCUT2D eigenvalue weighted by Gasteiger charge is 2.21. The van der Waals surface area contributed by atoms with Gasteiger partial charge in [-0.1, -0.05) is 6.07 Å². The van der Waals surface area contributed by atoms with Gasteiger partial charge in [-0.05, 0) is 29.7 Å². The number of hydrogen-bond acceptors (Lipinski definition) is 4. The van der Waals surface area contributed by atoms with E-state index < -0.39 is 5.97 Å². The Morgan fingerprint density at radius 2 is 2.05 bits per heavy atom. The average Bonchev–Trinajstić information content (AvgIpc) is 2.53. The number of carbonyl (C=O) groups excluding carboxylic acids is 1. The van der Waals surface area contributed by atoms with Crippen LogP contribution >= 0.6 is 0 Å². The summed E-state index contributed by atoms with van der Waals surface area (Å²) >= 11 is 0. The van der Waals surface area contributed by atoms with E-state index in [0.717, 1.165) is 17.5 Å². The summed E-state index contributed by atoms with van der Waals surface area (Å²) in [6.07, 6.45) is 1.09. The summed E-state index contributed by atoms with van der Waals surface area (Å²) in [6, 6.07) is 5.11. The van der Waals surface area contributed by atoms with E-state index in [4.69, 9.17) is 14.6 Å². The van der Waals surface area contributed by atoms with Crippen LogP contribution in [0.5, 0.6) is 0 Å². The first-order valence-electron chi connectivity index (χ1n) is 7.31. The fourth-order valence-electron chi connectivity index (χ4n) is 2.46. The lowest BCUT2D eigenvalue weighted by Gasteiger charge is -2.29. The summed E-state index contributed by atoms with van der Waals surface area (Å²) in [6.45, 7) is 2.50. The molecule has 0 saturated carbocycles. The van der Waals surface area contributed by atoms with E-state index in [1.165, 1.54) is 0 Å². The molecule has 2 rings (SSSR count). The van der Waals surface area contributed by atoms with E-state index >= 15 is 0 Å². The number of rotatable bonds is 7. The van der Waals surface area contributed by atoms with E-state index in [-0.39, 0.29) is 11.5 Å². The number of fused-ring (bicyclic) bond motifs is 1. The molecule has 0 aromatic heterocycles. The van der Waals surface area contributed by atoms with Gasteiger partial charge in [0, 0.05) is 20.2 Å². The third-order valence-electron chi connectivity index (χ3n) is 3.71. The Labute approximate surface area is 129 Å². The standard InChI is InChI=1S/C16H21NO5/c1-21-8-9-22-7-5-15(18)17-6-4-12-2-3-13(16(19)20)10-14(12)11-17/h2-3,10H,4-9,11H2,1H3,(H,19,20). The molecule has 0 bridgehead atoms. The number of carbonyl (C=O) groups is 2. The molecular formula is C16H21NO5. The van der Waals surface area contributed by atoms with Gasteiger partial charge in [0.1, 0.15) is 0 Å². The molecule has 0 atom stereocenters. The molecule has 22 heavy (non-hydrogen) atoms. The Hall–Kier alpha value is -1.92. The van der Waals surface area contributed by atoms with Crippen LogP contribution in [0.4, 0.5) is 0 Å². The molecule has 1 N–H and O–H groups in total. The fourth-order valence-corrected chi connectivity index (χ4v) is 2.46. The molecule has 1 aliphatic heterocycles. The normalized spacial score (nSPS) is 13.8. The van der Waals surface area contributed by atoms with Crippen molar-refractivity contribution in [2.75, 3.05) is 33.5 Å². The lowest BCUT2D eigenvalue weighted by Crippen LogP contribution is -2.36. The molecule has 1 aromatic carbocycles. The quantitative estimate of drug-likeness (QED) is 0.769. The first-order chi connectivity index (χ1) is 10.6. The van der Waals surface area contributed by atoms with Gasteiger partial charge in [0.25, 0.3) is 0 Å². The Bertz CT molecular complexity index is 543. The molecule has 1 aromatic rings. The van der Waals surface area contributed by atoms with Gasteiger partial charge in [0.05, 0.1) is 31.8 Å². The number of amides is 1. The Balaban J connectivity index is 1.89. The zero-order chi connectivity index (χ0) is 15.9. The maximum absolute atomic E-state index is 12.2. The topological polar surface area (TPSA) is 76.1 Å². The van der Waals surface area contributed by atoms with Gasteiger partial charge in [-0.15, -0.1) is 0 Å². The molecule has 0 spiro atoms. The minimum atomic E-state index is -0.946. The highest BCUT2D eigenvalue weighted by Crippen LogP contribution is 2.21. The van der Waals surface area contributed by atoms with Gasteiger partial charge in [-0.25, -0.2) is 4.79 Å². The van der Waals surface area contributed by atoms with Crippen molar-refractivity contribution in [3.63, 3.8) is 0 Å². The second-order valence-corrected chi connectivity index (χ2v) is 5.21. The van der Waals surface area contributed by atoms with Crippen LogP contribution in [0.15, 0.2) is 18.2 Å². The number of hydrogen-bond donors (Lipinski definition) is 1. The summed E-state index contributed by atoms with van der Waals surface area (Å²) in [5.74, 6) is -0.915. The molecule has 1 aliphatic rings. The van der Waals surface area contributed by atoms with Crippen LogP contribution in [0.1, 0.15) is 27.9 Å². The first kappa shape index (κ1) is 16.5. The molecule has 0 saturated heterocycles. The van der Waals surface area contributed by atoms with Gasteiger partial charge in [-0.3, -0.25) is 4.79 Å². The van der Waals surface area contributed by atoms with Crippen LogP contribution in [-0.4, -0.2) is 55.4 Å². The van der Waals surface area contributed by atoms with Crippen molar-refractivity contribution in [1.82, 2.24) is 4.90 Å². The smallest absolute Gasteiger partial charge is 0.335 e. The average molecular weight is 307 g/mol. The predicted molar refractivity (Wildman–Crippen MR) is 79.8 cm³/mol. The van der Waals surface area contributed by atoms with Crippen molar-refractivity contribution in [2.45, 2.75) is 19.4 Å². The van der Waals surface area contributed by atoms with Crippen LogP contribution in [-0.2, 0) is 27.2 Å². The predicted octanol–water partition coefficient (Wildman–Crippen LogP) is 1.32. The van der Waals surface area contributed by atoms with Gasteiger partial charge < -0.3 is 19.5 Å². The van der Waals surface area contributed by atoms with Crippen molar-refractivity contribution in [3.05, 3.63) is 34.9 Å². The summed E-state index contributed by atoms with van der Waals surface area (Å²) in [7, 11) is 1.60. The third-order valence-corrected chi connectivity index (χ3v) is 3.71. The summed E-state index contributed by atoms with van der Waals surface area (Å²) in [5.41, 5.74) is 2.29. The maximum atomic E-state index is 12.2. The number of nitrogens with zero attached hydrogens (tertiary/aromatic N) is 1. The number of carboxylic acids is 1. The Morgan fingerprint density at radius 1 is 1.23 bits per heavy atom. The minimum absolute atomic E-state index is 0.0313. The molecule has 6 heteroatoms. The van der Waals surface area contributed by atoms with E-state index in [9.17, 15) is 9.59 Å². The molecule has 0 aliphatic carbocycles. The molecule has 120 valence electrons. The van der Waals surface area contributed by atoms with Gasteiger partial charge in [-0.2, -0.15) is 0 Å². The van der Waals surface area contributed by atoms with Gasteiger partial charge in [0.2, 0.25) is 5.91 Å². The van der Waals surface area contributed by atoms with Crippen LogP contribution in [0.25, 0.3) is 0 Å². The van der Waals surface area contributed by atoms with Crippen molar-refractivity contribution >= 4 is 11.9 Å². The monoisotopic (exact) mass is 307 g/mol. The van der Waals surface area contributed by atoms with E-state index in [0.29, 0.717) is 39.3 Å². The largest absolute Gasteiger partial charge is 0.478 e. The number of carboxylic acid groups (broad SMARTS) is 1. The number of benzene rings is 1. The molecule has 1 heterocycles. The van der Waals surface area contributed by atoms with E-state index in [2.05, 4.69) is 0 Å². The van der Waals surface area contributed by atoms with Crippen LogP contribution in [0.3, 0.4) is 0 Å². The highest BCUT2D eigenvalue weighted by atomic mass is 16.5. The number of aromatic carboxylic acids is 1. The van der Waals surface area contributed by atoms with Crippen LogP contribution < -0.4 is 0 Å². The van der Waals surface area contributed by atoms with E-state index in [1.54, 1.807) is 24.1 Å². The van der Waals surface area contributed by atoms with Crippen LogP contribution in [0, 0.1) is 0 Å². The third kappa shape index (κ3) is 4.29. The second kappa shape index (κ2) is 7.91. The first-order valence-corrected chi connectivity index (χ1v) is 7.31. The number of methoxy groups -OCH3 is 1. The zero-order valence-corrected chi connectivity index (χ0v) is 12.7. The SMILES string of the molecule is COCCOCCC(=O)N1CCc2ccc(C(=O)O)cc2C1. The second-order valence-electron chi connectivity index (χ2n) is 5.21. The molecule has 0 fully saturated rings. The summed E-state index contributed by atoms with van der Waals surface area (Å²) < 4.78 is 10.2. The molecule has 0 radical (unpaired) electrons. The zero-order valence-electron chi connectivity index (χ0n) is 12.7. The Morgan fingerprint density at radius 3 is 2.77 bits per heavy atom. The van der Waals surface area contributed by atoms with Crippen molar-refractivity contribution in [1.29, 1.82) is 0 Å². The fraction of sp³-hybridized carbons (Fsp3) is 0.500. The van der Waals surface area contributed by atoms with Gasteiger partial charge >= 0.3 is 5.97 Å². The Kier molecular flexibility index (Phi) is 5.91. The van der Waals surface area contributed by atoms with Crippen LogP contribution in [0.2, 0.25) is 0 Å². The molecule has 1 amide bonds. The molecular weight excluding hydrogens is 286 g/mol. The lowest BCUT2D eigenvalue weighted by atomic mass is 9.97. The van der Waals surface area contributed by atoms with Crippen molar-refractivity contribution < 1.29 is 24.2 Å². The summed E-state index contributed by atoms with van der Waals surface area (Å²) in [5, 5.41) is 9.04. The van der Waals surface area contributed by atoms with Gasteiger partial charge in [0.15, 0.2) is 0 Å².